The number of aryl methyl sites for hydroxylation is 1. The van der Waals surface area contributed by atoms with Crippen molar-refractivity contribution in [1.29, 1.82) is 0 Å². The van der Waals surface area contributed by atoms with Gasteiger partial charge in [0.25, 0.3) is 0 Å². The van der Waals surface area contributed by atoms with Crippen LogP contribution in [-0.4, -0.2) is 20.2 Å². The predicted molar refractivity (Wildman–Crippen MR) is 58.6 cm³/mol. The molecular formula is C11H13ClO3. The number of esters is 1. The Kier molecular flexibility index (Phi) is 3.97. The SMILES string of the molecule is COC(=O)c1cc(CCl)c(C)cc1OC. The zero-order valence-electron chi connectivity index (χ0n) is 8.96. The molecule has 1 aromatic carbocycles. The van der Waals surface area contributed by atoms with E-state index in [1.54, 1.807) is 12.1 Å². The van der Waals surface area contributed by atoms with Gasteiger partial charge in [0.1, 0.15) is 11.3 Å². The van der Waals surface area contributed by atoms with E-state index in [2.05, 4.69) is 4.74 Å². The largest absolute Gasteiger partial charge is 0.496 e. The normalized spacial score (nSPS) is 9.87. The molecule has 1 aromatic rings. The first kappa shape index (κ1) is 11.9. The highest BCUT2D eigenvalue weighted by Gasteiger charge is 2.14. The van der Waals surface area contributed by atoms with Crippen LogP contribution in [0.5, 0.6) is 5.75 Å². The highest BCUT2D eigenvalue weighted by molar-refractivity contribution is 6.17. The summed E-state index contributed by atoms with van der Waals surface area (Å²) >= 11 is 5.75. The van der Waals surface area contributed by atoms with Gasteiger partial charge in [0, 0.05) is 5.88 Å². The van der Waals surface area contributed by atoms with Gasteiger partial charge in [-0.1, -0.05) is 0 Å². The van der Waals surface area contributed by atoms with Crippen LogP contribution in [0.2, 0.25) is 0 Å². The van der Waals surface area contributed by atoms with Gasteiger partial charge in [-0.25, -0.2) is 4.79 Å². The van der Waals surface area contributed by atoms with Crippen molar-refractivity contribution in [3.63, 3.8) is 0 Å². The molecule has 0 spiro atoms. The Bertz CT molecular complexity index is 374. The van der Waals surface area contributed by atoms with Crippen LogP contribution in [-0.2, 0) is 10.6 Å². The molecular weight excluding hydrogens is 216 g/mol. The monoisotopic (exact) mass is 228 g/mol. The minimum absolute atomic E-state index is 0.361. The van der Waals surface area contributed by atoms with Gasteiger partial charge < -0.3 is 9.47 Å². The van der Waals surface area contributed by atoms with Crippen molar-refractivity contribution < 1.29 is 14.3 Å². The molecule has 4 heteroatoms. The summed E-state index contributed by atoms with van der Waals surface area (Å²) in [6.07, 6.45) is 0. The molecule has 0 aliphatic carbocycles. The number of hydrogen-bond acceptors (Lipinski definition) is 3. The zero-order valence-corrected chi connectivity index (χ0v) is 9.72. The molecule has 1 rings (SSSR count). The van der Waals surface area contributed by atoms with E-state index in [0.717, 1.165) is 11.1 Å². The third-order valence-corrected chi connectivity index (χ3v) is 2.50. The Morgan fingerprint density at radius 3 is 2.53 bits per heavy atom. The molecule has 0 atom stereocenters. The minimum Gasteiger partial charge on any atom is -0.496 e. The van der Waals surface area contributed by atoms with Gasteiger partial charge in [0.2, 0.25) is 0 Å². The van der Waals surface area contributed by atoms with E-state index in [4.69, 9.17) is 16.3 Å². The van der Waals surface area contributed by atoms with Crippen molar-refractivity contribution in [1.82, 2.24) is 0 Å². The summed E-state index contributed by atoms with van der Waals surface area (Å²) in [5, 5.41) is 0. The number of rotatable bonds is 3. The number of ether oxygens (including phenoxy) is 2. The fourth-order valence-corrected chi connectivity index (χ4v) is 1.60. The second-order valence-corrected chi connectivity index (χ2v) is 3.37. The molecule has 0 aromatic heterocycles. The molecule has 3 nitrogen and oxygen atoms in total. The summed E-state index contributed by atoms with van der Waals surface area (Å²) in [5.41, 5.74) is 2.30. The number of halogens is 1. The van der Waals surface area contributed by atoms with Crippen LogP contribution in [0.25, 0.3) is 0 Å². The van der Waals surface area contributed by atoms with Crippen LogP contribution in [0, 0.1) is 6.92 Å². The van der Waals surface area contributed by atoms with Gasteiger partial charge in [-0.3, -0.25) is 0 Å². The second-order valence-electron chi connectivity index (χ2n) is 3.10. The van der Waals surface area contributed by atoms with E-state index in [9.17, 15) is 4.79 Å². The minimum atomic E-state index is -0.418. The Balaban J connectivity index is 3.28. The lowest BCUT2D eigenvalue weighted by atomic mass is 10.1. The van der Waals surface area contributed by atoms with Crippen LogP contribution in [0.1, 0.15) is 21.5 Å². The lowest BCUT2D eigenvalue weighted by Crippen LogP contribution is -2.05. The van der Waals surface area contributed by atoms with Gasteiger partial charge in [-0.15, -0.1) is 11.6 Å². The summed E-state index contributed by atoms with van der Waals surface area (Å²) < 4.78 is 9.76. The van der Waals surface area contributed by atoms with Crippen molar-refractivity contribution in [2.24, 2.45) is 0 Å². The molecule has 0 fully saturated rings. The van der Waals surface area contributed by atoms with E-state index in [0.29, 0.717) is 17.2 Å². The quantitative estimate of drug-likeness (QED) is 0.589. The van der Waals surface area contributed by atoms with E-state index in [-0.39, 0.29) is 0 Å². The average Bonchev–Trinajstić information content (AvgIpc) is 2.27. The molecule has 0 bridgehead atoms. The Morgan fingerprint density at radius 2 is 2.07 bits per heavy atom. The smallest absolute Gasteiger partial charge is 0.341 e. The number of hydrogen-bond donors (Lipinski definition) is 0. The lowest BCUT2D eigenvalue weighted by molar-refractivity contribution is 0.0597. The van der Waals surface area contributed by atoms with Crippen LogP contribution in [0.15, 0.2) is 12.1 Å². The predicted octanol–water partition coefficient (Wildman–Crippen LogP) is 2.53. The number of alkyl halides is 1. The molecule has 0 heterocycles. The third kappa shape index (κ3) is 2.42. The molecule has 82 valence electrons. The molecule has 0 unspecified atom stereocenters. The van der Waals surface area contributed by atoms with Crippen LogP contribution in [0.3, 0.4) is 0 Å². The summed E-state index contributed by atoms with van der Waals surface area (Å²) in [7, 11) is 2.85. The number of carbonyl (C=O) groups excluding carboxylic acids is 1. The van der Waals surface area contributed by atoms with Crippen molar-refractivity contribution in [2.75, 3.05) is 14.2 Å². The van der Waals surface area contributed by atoms with E-state index in [1.165, 1.54) is 14.2 Å². The first-order valence-corrected chi connectivity index (χ1v) is 4.99. The highest BCUT2D eigenvalue weighted by Crippen LogP contribution is 2.25. The van der Waals surface area contributed by atoms with Crippen molar-refractivity contribution >= 4 is 17.6 Å². The Morgan fingerprint density at radius 1 is 1.40 bits per heavy atom. The second kappa shape index (κ2) is 5.03. The number of benzene rings is 1. The van der Waals surface area contributed by atoms with Gasteiger partial charge in [-0.2, -0.15) is 0 Å². The van der Waals surface area contributed by atoms with E-state index >= 15 is 0 Å². The van der Waals surface area contributed by atoms with Crippen molar-refractivity contribution in [3.8, 4) is 5.75 Å². The van der Waals surface area contributed by atoms with Crippen LogP contribution in [0.4, 0.5) is 0 Å². The molecule has 0 N–H and O–H groups in total. The average molecular weight is 229 g/mol. The zero-order chi connectivity index (χ0) is 11.4. The fourth-order valence-electron chi connectivity index (χ4n) is 1.31. The summed E-state index contributed by atoms with van der Waals surface area (Å²) in [6.45, 7) is 1.92. The maximum absolute atomic E-state index is 11.4. The van der Waals surface area contributed by atoms with Crippen LogP contribution < -0.4 is 4.74 Å². The Hall–Kier alpha value is -1.22. The molecule has 0 aliphatic heterocycles. The summed E-state index contributed by atoms with van der Waals surface area (Å²) in [4.78, 5) is 11.4. The lowest BCUT2D eigenvalue weighted by Gasteiger charge is -2.10. The summed E-state index contributed by atoms with van der Waals surface area (Å²) in [5.74, 6) is 0.450. The molecule has 0 saturated heterocycles. The molecule has 0 radical (unpaired) electrons. The molecule has 0 amide bonds. The van der Waals surface area contributed by atoms with Gasteiger partial charge in [-0.05, 0) is 30.2 Å². The topological polar surface area (TPSA) is 35.5 Å². The molecule has 15 heavy (non-hydrogen) atoms. The third-order valence-electron chi connectivity index (χ3n) is 2.21. The molecule has 0 aliphatic rings. The van der Waals surface area contributed by atoms with E-state index < -0.39 is 5.97 Å². The number of methoxy groups -OCH3 is 2. The van der Waals surface area contributed by atoms with Gasteiger partial charge in [0.05, 0.1) is 14.2 Å². The molecule has 0 saturated carbocycles. The van der Waals surface area contributed by atoms with Gasteiger partial charge in [0.15, 0.2) is 0 Å². The first-order chi connectivity index (χ1) is 7.13. The number of carbonyl (C=O) groups is 1. The fraction of sp³-hybridized carbons (Fsp3) is 0.364. The van der Waals surface area contributed by atoms with E-state index in [1.807, 2.05) is 6.92 Å². The standard InChI is InChI=1S/C11H13ClO3/c1-7-4-10(14-2)9(11(13)15-3)5-8(7)6-12/h4-5H,6H2,1-3H3. The maximum atomic E-state index is 11.4. The maximum Gasteiger partial charge on any atom is 0.341 e. The highest BCUT2D eigenvalue weighted by atomic mass is 35.5. The Labute approximate surface area is 93.9 Å². The van der Waals surface area contributed by atoms with Crippen molar-refractivity contribution in [2.45, 2.75) is 12.8 Å². The van der Waals surface area contributed by atoms with Crippen LogP contribution >= 0.6 is 11.6 Å². The first-order valence-electron chi connectivity index (χ1n) is 4.45. The summed E-state index contributed by atoms with van der Waals surface area (Å²) in [6, 6.07) is 3.48. The van der Waals surface area contributed by atoms with Crippen molar-refractivity contribution in [3.05, 3.63) is 28.8 Å². The van der Waals surface area contributed by atoms with Gasteiger partial charge >= 0.3 is 5.97 Å².